The van der Waals surface area contributed by atoms with Gasteiger partial charge in [-0.05, 0) is 26.0 Å². The number of amides is 2. The van der Waals surface area contributed by atoms with Gasteiger partial charge >= 0.3 is 6.03 Å². The van der Waals surface area contributed by atoms with Crippen molar-refractivity contribution in [1.29, 1.82) is 0 Å². The summed E-state index contributed by atoms with van der Waals surface area (Å²) in [6, 6.07) is 6.20. The van der Waals surface area contributed by atoms with Crippen molar-refractivity contribution in [2.75, 3.05) is 16.3 Å². The third kappa shape index (κ3) is 5.05. The van der Waals surface area contributed by atoms with E-state index in [1.165, 1.54) is 0 Å². The molecule has 0 saturated heterocycles. The summed E-state index contributed by atoms with van der Waals surface area (Å²) in [6.45, 7) is 3.67. The summed E-state index contributed by atoms with van der Waals surface area (Å²) in [6.07, 6.45) is 1.05. The summed E-state index contributed by atoms with van der Waals surface area (Å²) >= 11 is 0. The molecule has 2 amide bonds. The standard InChI is InChI=1S/C11H17N3O3S/c1-8(2)12-11(15)13-9-6-4-5-7-10(9)14-18(3,16)17/h4-8,14H,1-3H3,(H2,12,13,15). The average molecular weight is 271 g/mol. The van der Waals surface area contributed by atoms with Crippen LogP contribution in [0, 0.1) is 0 Å². The molecule has 0 atom stereocenters. The van der Waals surface area contributed by atoms with Crippen molar-refractivity contribution in [3.8, 4) is 0 Å². The van der Waals surface area contributed by atoms with Crippen LogP contribution in [0.2, 0.25) is 0 Å². The molecule has 0 aliphatic rings. The number of carbonyl (C=O) groups excluding carboxylic acids is 1. The lowest BCUT2D eigenvalue weighted by Crippen LogP contribution is -2.34. The monoisotopic (exact) mass is 271 g/mol. The molecule has 1 rings (SSSR count). The zero-order chi connectivity index (χ0) is 13.8. The van der Waals surface area contributed by atoms with Gasteiger partial charge in [0.25, 0.3) is 0 Å². The van der Waals surface area contributed by atoms with Crippen molar-refractivity contribution in [1.82, 2.24) is 5.32 Å². The van der Waals surface area contributed by atoms with Gasteiger partial charge in [0.05, 0.1) is 17.6 Å². The number of carbonyl (C=O) groups is 1. The van der Waals surface area contributed by atoms with Gasteiger partial charge in [0.2, 0.25) is 10.0 Å². The van der Waals surface area contributed by atoms with Gasteiger partial charge in [0, 0.05) is 6.04 Å². The highest BCUT2D eigenvalue weighted by molar-refractivity contribution is 7.92. The number of hydrogen-bond donors (Lipinski definition) is 3. The molecule has 100 valence electrons. The van der Waals surface area contributed by atoms with E-state index < -0.39 is 10.0 Å². The van der Waals surface area contributed by atoms with Crippen molar-refractivity contribution in [2.45, 2.75) is 19.9 Å². The van der Waals surface area contributed by atoms with Crippen LogP contribution < -0.4 is 15.4 Å². The first-order valence-electron chi connectivity index (χ1n) is 5.42. The molecule has 0 unspecified atom stereocenters. The summed E-state index contributed by atoms with van der Waals surface area (Å²) in [5.74, 6) is 0. The van der Waals surface area contributed by atoms with Gasteiger partial charge in [-0.15, -0.1) is 0 Å². The van der Waals surface area contributed by atoms with Gasteiger partial charge in [-0.3, -0.25) is 4.72 Å². The van der Waals surface area contributed by atoms with Crippen molar-refractivity contribution >= 4 is 27.4 Å². The fourth-order valence-electron chi connectivity index (χ4n) is 1.30. The first kappa shape index (κ1) is 14.3. The predicted octanol–water partition coefficient (Wildman–Crippen LogP) is 1.59. The topological polar surface area (TPSA) is 87.3 Å². The van der Waals surface area contributed by atoms with Gasteiger partial charge in [-0.25, -0.2) is 13.2 Å². The Kier molecular flexibility index (Phi) is 4.55. The summed E-state index contributed by atoms with van der Waals surface area (Å²) < 4.78 is 24.7. The number of rotatable bonds is 4. The highest BCUT2D eigenvalue weighted by Gasteiger charge is 2.09. The minimum atomic E-state index is -3.38. The zero-order valence-electron chi connectivity index (χ0n) is 10.5. The Morgan fingerprint density at radius 1 is 1.17 bits per heavy atom. The zero-order valence-corrected chi connectivity index (χ0v) is 11.3. The van der Waals surface area contributed by atoms with Crippen LogP contribution in [0.3, 0.4) is 0 Å². The Hall–Kier alpha value is -1.76. The number of benzene rings is 1. The maximum absolute atomic E-state index is 11.5. The van der Waals surface area contributed by atoms with E-state index in [0.29, 0.717) is 11.4 Å². The largest absolute Gasteiger partial charge is 0.336 e. The van der Waals surface area contributed by atoms with Crippen molar-refractivity contribution in [3.05, 3.63) is 24.3 Å². The molecule has 7 heteroatoms. The van der Waals surface area contributed by atoms with Crippen LogP contribution in [-0.2, 0) is 10.0 Å². The van der Waals surface area contributed by atoms with Gasteiger partial charge in [0.1, 0.15) is 0 Å². The van der Waals surface area contributed by atoms with E-state index in [2.05, 4.69) is 15.4 Å². The number of urea groups is 1. The number of anilines is 2. The molecule has 18 heavy (non-hydrogen) atoms. The SMILES string of the molecule is CC(C)NC(=O)Nc1ccccc1NS(C)(=O)=O. The fraction of sp³-hybridized carbons (Fsp3) is 0.364. The lowest BCUT2D eigenvalue weighted by atomic mass is 10.3. The molecule has 1 aromatic rings. The van der Waals surface area contributed by atoms with Crippen LogP contribution in [0.25, 0.3) is 0 Å². The second kappa shape index (κ2) is 5.72. The number of sulfonamides is 1. The van der Waals surface area contributed by atoms with Gasteiger partial charge in [-0.1, -0.05) is 12.1 Å². The molecule has 6 nitrogen and oxygen atoms in total. The third-order valence-corrected chi connectivity index (χ3v) is 2.48. The Morgan fingerprint density at radius 3 is 2.22 bits per heavy atom. The van der Waals surface area contributed by atoms with E-state index in [1.807, 2.05) is 13.8 Å². The molecule has 0 heterocycles. The summed E-state index contributed by atoms with van der Waals surface area (Å²) in [4.78, 5) is 11.5. The second-order valence-electron chi connectivity index (χ2n) is 4.17. The number of para-hydroxylation sites is 2. The van der Waals surface area contributed by atoms with E-state index in [9.17, 15) is 13.2 Å². The highest BCUT2D eigenvalue weighted by Crippen LogP contribution is 2.21. The highest BCUT2D eigenvalue weighted by atomic mass is 32.2. The quantitative estimate of drug-likeness (QED) is 0.777. The van der Waals surface area contributed by atoms with Crippen LogP contribution in [-0.4, -0.2) is 26.7 Å². The van der Waals surface area contributed by atoms with Gasteiger partial charge < -0.3 is 10.6 Å². The Morgan fingerprint density at radius 2 is 1.72 bits per heavy atom. The molecule has 0 radical (unpaired) electrons. The van der Waals surface area contributed by atoms with Crippen LogP contribution in [0.5, 0.6) is 0 Å². The molecule has 3 N–H and O–H groups in total. The molecule has 0 saturated carbocycles. The third-order valence-electron chi connectivity index (χ3n) is 1.89. The van der Waals surface area contributed by atoms with Crippen LogP contribution in [0.4, 0.5) is 16.2 Å². The van der Waals surface area contributed by atoms with E-state index in [-0.39, 0.29) is 12.1 Å². The Balaban J connectivity index is 2.86. The first-order chi connectivity index (χ1) is 8.28. The Labute approximate surface area is 107 Å². The lowest BCUT2D eigenvalue weighted by molar-refractivity contribution is 0.250. The first-order valence-corrected chi connectivity index (χ1v) is 7.31. The molecule has 0 fully saturated rings. The van der Waals surface area contributed by atoms with Crippen molar-refractivity contribution < 1.29 is 13.2 Å². The summed E-state index contributed by atoms with van der Waals surface area (Å²) in [7, 11) is -3.38. The van der Waals surface area contributed by atoms with E-state index in [4.69, 9.17) is 0 Å². The molecule has 0 bridgehead atoms. The number of nitrogens with one attached hydrogen (secondary N) is 3. The molecule has 0 aliphatic carbocycles. The van der Waals surface area contributed by atoms with Crippen LogP contribution in [0.15, 0.2) is 24.3 Å². The van der Waals surface area contributed by atoms with Crippen molar-refractivity contribution in [2.24, 2.45) is 0 Å². The molecule has 0 aliphatic heterocycles. The smallest absolute Gasteiger partial charge is 0.319 e. The summed E-state index contributed by atoms with van der Waals surface area (Å²) in [5, 5.41) is 5.24. The maximum atomic E-state index is 11.5. The lowest BCUT2D eigenvalue weighted by Gasteiger charge is -2.13. The van der Waals surface area contributed by atoms with E-state index in [0.717, 1.165) is 6.26 Å². The second-order valence-corrected chi connectivity index (χ2v) is 5.92. The summed E-state index contributed by atoms with van der Waals surface area (Å²) in [5.41, 5.74) is 0.736. The van der Waals surface area contributed by atoms with Crippen LogP contribution in [0.1, 0.15) is 13.8 Å². The van der Waals surface area contributed by atoms with E-state index in [1.54, 1.807) is 24.3 Å². The van der Waals surface area contributed by atoms with Gasteiger partial charge in [-0.2, -0.15) is 0 Å². The predicted molar refractivity (Wildman–Crippen MR) is 72.2 cm³/mol. The fourth-order valence-corrected chi connectivity index (χ4v) is 1.88. The molecular weight excluding hydrogens is 254 g/mol. The normalized spacial score (nSPS) is 11.1. The minimum Gasteiger partial charge on any atom is -0.336 e. The Bertz CT molecular complexity index is 526. The maximum Gasteiger partial charge on any atom is 0.319 e. The van der Waals surface area contributed by atoms with Crippen LogP contribution >= 0.6 is 0 Å². The van der Waals surface area contributed by atoms with Crippen molar-refractivity contribution in [3.63, 3.8) is 0 Å². The average Bonchev–Trinajstić information content (AvgIpc) is 2.17. The molecule has 1 aromatic carbocycles. The minimum absolute atomic E-state index is 0.0000270. The number of hydrogen-bond acceptors (Lipinski definition) is 3. The molecule has 0 aromatic heterocycles. The molecule has 0 spiro atoms. The molecular formula is C11H17N3O3S. The van der Waals surface area contributed by atoms with E-state index >= 15 is 0 Å². The van der Waals surface area contributed by atoms with Gasteiger partial charge in [0.15, 0.2) is 0 Å².